The van der Waals surface area contributed by atoms with Gasteiger partial charge in [0.1, 0.15) is 29.0 Å². The van der Waals surface area contributed by atoms with Gasteiger partial charge in [-0.05, 0) is 30.2 Å². The highest BCUT2D eigenvalue weighted by Gasteiger charge is 2.27. The molecule has 150 valence electrons. The molecule has 1 atom stereocenters. The van der Waals surface area contributed by atoms with Crippen LogP contribution in [0.3, 0.4) is 0 Å². The van der Waals surface area contributed by atoms with Crippen LogP contribution in [0.15, 0.2) is 42.5 Å². The molecule has 28 heavy (non-hydrogen) atoms. The number of alkyl halides is 2. The van der Waals surface area contributed by atoms with Crippen LogP contribution in [0, 0.1) is 17.6 Å². The van der Waals surface area contributed by atoms with Gasteiger partial charge in [-0.2, -0.15) is 8.78 Å². The second kappa shape index (κ2) is 9.20. The third-order valence-electron chi connectivity index (χ3n) is 3.75. The number of carbonyl (C=O) groups excluding carboxylic acids is 2. The fourth-order valence-electron chi connectivity index (χ4n) is 2.43. The zero-order valence-corrected chi connectivity index (χ0v) is 15.0. The first-order valence-corrected chi connectivity index (χ1v) is 8.29. The first-order chi connectivity index (χ1) is 13.2. The highest BCUT2D eigenvalue weighted by molar-refractivity contribution is 6.01. The lowest BCUT2D eigenvalue weighted by molar-refractivity contribution is -0.118. The Balaban J connectivity index is 2.15. The Kier molecular flexibility index (Phi) is 6.97. The number of amides is 2. The van der Waals surface area contributed by atoms with E-state index in [9.17, 15) is 27.2 Å². The van der Waals surface area contributed by atoms with Gasteiger partial charge >= 0.3 is 6.61 Å². The van der Waals surface area contributed by atoms with Gasteiger partial charge < -0.3 is 15.4 Å². The van der Waals surface area contributed by atoms with Gasteiger partial charge in [0, 0.05) is 11.8 Å². The van der Waals surface area contributed by atoms with Crippen LogP contribution in [0.2, 0.25) is 0 Å². The number of hydrogen-bond acceptors (Lipinski definition) is 3. The Morgan fingerprint density at radius 2 is 1.61 bits per heavy atom. The average molecular weight is 398 g/mol. The standard InChI is InChI=1S/C19H18F4N2O3/c1-10(2)16(25-17(26)15-13(20)7-4-8-14(15)21)18(27)24-11-5-3-6-12(9-11)28-19(22)23/h3-10,16,19H,1-2H3,(H,24,27)(H,25,26). The van der Waals surface area contributed by atoms with Crippen LogP contribution in [-0.2, 0) is 4.79 Å². The Morgan fingerprint density at radius 1 is 1.00 bits per heavy atom. The molecule has 0 aliphatic carbocycles. The normalized spacial score (nSPS) is 12.0. The van der Waals surface area contributed by atoms with Crippen molar-refractivity contribution in [1.82, 2.24) is 5.32 Å². The van der Waals surface area contributed by atoms with Crippen LogP contribution in [-0.4, -0.2) is 24.5 Å². The number of rotatable bonds is 7. The van der Waals surface area contributed by atoms with Crippen molar-refractivity contribution in [1.29, 1.82) is 0 Å². The molecular weight excluding hydrogens is 380 g/mol. The third kappa shape index (κ3) is 5.45. The molecule has 0 fully saturated rings. The molecule has 1 unspecified atom stereocenters. The number of nitrogens with one attached hydrogen (secondary N) is 2. The summed E-state index contributed by atoms with van der Waals surface area (Å²) in [6.45, 7) is 0.223. The summed E-state index contributed by atoms with van der Waals surface area (Å²) in [6, 6.07) is 7.13. The van der Waals surface area contributed by atoms with E-state index in [0.29, 0.717) is 0 Å². The van der Waals surface area contributed by atoms with E-state index in [1.54, 1.807) is 13.8 Å². The van der Waals surface area contributed by atoms with Crippen molar-refractivity contribution < 1.29 is 31.9 Å². The highest BCUT2D eigenvalue weighted by Crippen LogP contribution is 2.20. The van der Waals surface area contributed by atoms with Crippen molar-refractivity contribution >= 4 is 17.5 Å². The third-order valence-corrected chi connectivity index (χ3v) is 3.75. The molecule has 2 N–H and O–H groups in total. The molecule has 0 saturated heterocycles. The summed E-state index contributed by atoms with van der Waals surface area (Å²) < 4.78 is 56.4. The largest absolute Gasteiger partial charge is 0.435 e. The number of ether oxygens (including phenoxy) is 1. The summed E-state index contributed by atoms with van der Waals surface area (Å²) in [5.41, 5.74) is -0.645. The van der Waals surface area contributed by atoms with Gasteiger partial charge in [0.05, 0.1) is 0 Å². The Bertz CT molecular complexity index is 839. The predicted octanol–water partition coefficient (Wildman–Crippen LogP) is 3.96. The van der Waals surface area contributed by atoms with Crippen LogP contribution >= 0.6 is 0 Å². The van der Waals surface area contributed by atoms with Crippen LogP contribution < -0.4 is 15.4 Å². The minimum atomic E-state index is -3.02. The van der Waals surface area contributed by atoms with Crippen molar-refractivity contribution in [3.63, 3.8) is 0 Å². The van der Waals surface area contributed by atoms with E-state index >= 15 is 0 Å². The lowest BCUT2D eigenvalue weighted by Gasteiger charge is -2.22. The topological polar surface area (TPSA) is 67.4 Å². The van der Waals surface area contributed by atoms with Gasteiger partial charge in [-0.1, -0.05) is 26.0 Å². The molecule has 2 aromatic carbocycles. The van der Waals surface area contributed by atoms with E-state index in [1.807, 2.05) is 0 Å². The zero-order valence-electron chi connectivity index (χ0n) is 15.0. The quantitative estimate of drug-likeness (QED) is 0.694. The van der Waals surface area contributed by atoms with Crippen molar-refractivity contribution in [2.45, 2.75) is 26.5 Å². The summed E-state index contributed by atoms with van der Waals surface area (Å²) in [4.78, 5) is 24.8. The van der Waals surface area contributed by atoms with Crippen molar-refractivity contribution in [3.8, 4) is 5.75 Å². The van der Waals surface area contributed by atoms with Gasteiger partial charge in [-0.25, -0.2) is 8.78 Å². The maximum atomic E-state index is 13.8. The fourth-order valence-corrected chi connectivity index (χ4v) is 2.43. The van der Waals surface area contributed by atoms with Gasteiger partial charge in [-0.3, -0.25) is 9.59 Å². The Hall–Kier alpha value is -3.10. The van der Waals surface area contributed by atoms with Gasteiger partial charge in [0.2, 0.25) is 5.91 Å². The molecular formula is C19H18F4N2O3. The number of halogens is 4. The highest BCUT2D eigenvalue weighted by atomic mass is 19.3. The summed E-state index contributed by atoms with van der Waals surface area (Å²) in [5, 5.41) is 4.76. The number of anilines is 1. The van der Waals surface area contributed by atoms with Crippen LogP contribution in [0.25, 0.3) is 0 Å². The molecule has 0 aromatic heterocycles. The number of carbonyl (C=O) groups is 2. The molecule has 5 nitrogen and oxygen atoms in total. The first kappa shape index (κ1) is 21.2. The summed E-state index contributed by atoms with van der Waals surface area (Å²) in [5.74, 6) is -4.48. The van der Waals surface area contributed by atoms with Crippen molar-refractivity contribution in [3.05, 3.63) is 59.7 Å². The molecule has 2 aromatic rings. The lowest BCUT2D eigenvalue weighted by Crippen LogP contribution is -2.47. The molecule has 0 radical (unpaired) electrons. The van der Waals surface area contributed by atoms with E-state index in [1.165, 1.54) is 24.3 Å². The maximum absolute atomic E-state index is 13.8. The van der Waals surface area contributed by atoms with Gasteiger partial charge in [-0.15, -0.1) is 0 Å². The minimum Gasteiger partial charge on any atom is -0.435 e. The van der Waals surface area contributed by atoms with E-state index < -0.39 is 47.6 Å². The second-order valence-corrected chi connectivity index (χ2v) is 6.19. The van der Waals surface area contributed by atoms with Crippen molar-refractivity contribution in [2.75, 3.05) is 5.32 Å². The minimum absolute atomic E-state index is 0.153. The average Bonchev–Trinajstić information content (AvgIpc) is 2.58. The Morgan fingerprint density at radius 3 is 2.18 bits per heavy atom. The monoisotopic (exact) mass is 398 g/mol. The summed E-state index contributed by atoms with van der Waals surface area (Å²) in [7, 11) is 0. The molecule has 0 saturated carbocycles. The molecule has 9 heteroatoms. The first-order valence-electron chi connectivity index (χ1n) is 8.29. The van der Waals surface area contributed by atoms with E-state index in [2.05, 4.69) is 15.4 Å². The smallest absolute Gasteiger partial charge is 0.387 e. The zero-order chi connectivity index (χ0) is 20.8. The van der Waals surface area contributed by atoms with Gasteiger partial charge in [0.25, 0.3) is 5.91 Å². The van der Waals surface area contributed by atoms with Crippen LogP contribution in [0.5, 0.6) is 5.75 Å². The lowest BCUT2D eigenvalue weighted by atomic mass is 10.0. The predicted molar refractivity (Wildman–Crippen MR) is 94.2 cm³/mol. The van der Waals surface area contributed by atoms with E-state index in [4.69, 9.17) is 0 Å². The molecule has 2 rings (SSSR count). The molecule has 0 heterocycles. The molecule has 0 aliphatic heterocycles. The SMILES string of the molecule is CC(C)C(NC(=O)c1c(F)cccc1F)C(=O)Nc1cccc(OC(F)F)c1. The fraction of sp³-hybridized carbons (Fsp3) is 0.263. The summed E-state index contributed by atoms with van der Waals surface area (Å²) >= 11 is 0. The Labute approximate surface area is 158 Å². The van der Waals surface area contributed by atoms with Crippen molar-refractivity contribution in [2.24, 2.45) is 5.92 Å². The molecule has 0 aliphatic rings. The van der Waals surface area contributed by atoms with Crippen LogP contribution in [0.1, 0.15) is 24.2 Å². The maximum Gasteiger partial charge on any atom is 0.387 e. The number of benzene rings is 2. The second-order valence-electron chi connectivity index (χ2n) is 6.19. The van der Waals surface area contributed by atoms with Gasteiger partial charge in [0.15, 0.2) is 0 Å². The summed E-state index contributed by atoms with van der Waals surface area (Å²) in [6.07, 6.45) is 0. The molecule has 0 spiro atoms. The van der Waals surface area contributed by atoms with Crippen LogP contribution in [0.4, 0.5) is 23.2 Å². The van der Waals surface area contributed by atoms with E-state index in [0.717, 1.165) is 18.2 Å². The molecule has 2 amide bonds. The molecule has 0 bridgehead atoms. The number of hydrogen-bond donors (Lipinski definition) is 2. The van der Waals surface area contributed by atoms with E-state index in [-0.39, 0.29) is 11.4 Å².